The molecule has 3 aliphatic rings. The van der Waals surface area contributed by atoms with Crippen LogP contribution in [0.2, 0.25) is 0 Å². The minimum Gasteiger partial charge on any atom is -0.389 e. The lowest BCUT2D eigenvalue weighted by Gasteiger charge is -2.42. The van der Waals surface area contributed by atoms with Gasteiger partial charge in [-0.25, -0.2) is 4.98 Å². The number of hydrogen-bond acceptors (Lipinski definition) is 6. The number of carbonyl (C=O) groups excluding carboxylic acids is 1. The van der Waals surface area contributed by atoms with Crippen LogP contribution >= 0.6 is 0 Å². The Morgan fingerprint density at radius 2 is 2.07 bits per heavy atom. The van der Waals surface area contributed by atoms with E-state index in [-0.39, 0.29) is 30.1 Å². The first kappa shape index (κ1) is 18.1. The van der Waals surface area contributed by atoms with Crippen LogP contribution in [-0.2, 0) is 14.3 Å². The van der Waals surface area contributed by atoms with Gasteiger partial charge in [0.15, 0.2) is 6.29 Å². The molecule has 2 N–H and O–H groups in total. The van der Waals surface area contributed by atoms with Gasteiger partial charge in [-0.2, -0.15) is 0 Å². The third kappa shape index (κ3) is 3.00. The van der Waals surface area contributed by atoms with Crippen LogP contribution in [0, 0.1) is 0 Å². The van der Waals surface area contributed by atoms with Crippen molar-refractivity contribution in [1.82, 2.24) is 19.8 Å². The van der Waals surface area contributed by atoms with Crippen LogP contribution in [0.5, 0.6) is 0 Å². The molecule has 1 aromatic carbocycles. The number of nitrogens with zero attached hydrogens (tertiary/aromatic N) is 3. The van der Waals surface area contributed by atoms with Gasteiger partial charge < -0.3 is 29.4 Å². The number of aliphatic hydroxyl groups excluding tert-OH is 1. The number of nitrogens with one attached hydrogen (secondary N) is 1. The summed E-state index contributed by atoms with van der Waals surface area (Å²) in [7, 11) is 0. The van der Waals surface area contributed by atoms with Crippen LogP contribution in [-0.4, -0.2) is 75.7 Å². The van der Waals surface area contributed by atoms with Crippen molar-refractivity contribution in [2.45, 2.75) is 56.4 Å². The van der Waals surface area contributed by atoms with Gasteiger partial charge in [-0.3, -0.25) is 4.79 Å². The molecule has 28 heavy (non-hydrogen) atoms. The molecule has 2 bridgehead atoms. The number of hydrogen-bond donors (Lipinski definition) is 2. The summed E-state index contributed by atoms with van der Waals surface area (Å²) in [5.74, 6) is 0.124. The van der Waals surface area contributed by atoms with Gasteiger partial charge in [0.2, 0.25) is 5.91 Å². The van der Waals surface area contributed by atoms with E-state index in [4.69, 9.17) is 9.47 Å². The van der Waals surface area contributed by atoms with E-state index in [0.29, 0.717) is 6.61 Å². The Morgan fingerprint density at radius 3 is 2.86 bits per heavy atom. The molecule has 4 heterocycles. The van der Waals surface area contributed by atoms with Crippen molar-refractivity contribution in [3.63, 3.8) is 0 Å². The van der Waals surface area contributed by atoms with E-state index in [1.807, 2.05) is 33.7 Å². The first-order valence-corrected chi connectivity index (χ1v) is 10.00. The highest BCUT2D eigenvalue weighted by Gasteiger charge is 2.51. The highest BCUT2D eigenvalue weighted by molar-refractivity contribution is 5.75. The molecule has 150 valence electrons. The van der Waals surface area contributed by atoms with E-state index < -0.39 is 12.4 Å². The molecular weight excluding hydrogens is 360 g/mol. The van der Waals surface area contributed by atoms with Crippen molar-refractivity contribution in [2.24, 2.45) is 0 Å². The quantitative estimate of drug-likeness (QED) is 0.806. The lowest BCUT2D eigenvalue weighted by molar-refractivity contribution is -0.166. The van der Waals surface area contributed by atoms with Gasteiger partial charge in [0.25, 0.3) is 0 Å². The summed E-state index contributed by atoms with van der Waals surface area (Å²) in [4.78, 5) is 17.9. The highest BCUT2D eigenvalue weighted by atomic mass is 16.7. The Kier molecular flexibility index (Phi) is 4.59. The molecule has 0 saturated carbocycles. The van der Waals surface area contributed by atoms with Crippen molar-refractivity contribution in [3.8, 4) is 0 Å². The van der Waals surface area contributed by atoms with Crippen LogP contribution in [0.4, 0.5) is 0 Å². The van der Waals surface area contributed by atoms with Crippen LogP contribution in [0.1, 0.15) is 25.8 Å². The Balaban J connectivity index is 1.36. The van der Waals surface area contributed by atoms with Gasteiger partial charge in [-0.05, 0) is 25.0 Å². The Bertz CT molecular complexity index is 863. The summed E-state index contributed by atoms with van der Waals surface area (Å²) in [6.45, 7) is 3.57. The van der Waals surface area contributed by atoms with Crippen molar-refractivity contribution in [1.29, 1.82) is 0 Å². The van der Waals surface area contributed by atoms with E-state index in [1.165, 1.54) is 0 Å². The molecule has 5 atom stereocenters. The summed E-state index contributed by atoms with van der Waals surface area (Å²) in [5.41, 5.74) is 1.84. The normalized spacial score (nSPS) is 33.5. The Labute approximate surface area is 163 Å². The smallest absolute Gasteiger partial charge is 0.219 e. The lowest BCUT2D eigenvalue weighted by atomic mass is 9.93. The molecule has 1 amide bonds. The molecular formula is C20H26N4O4. The number of para-hydroxylation sites is 2. The average Bonchev–Trinajstić information content (AvgIpc) is 3.32. The summed E-state index contributed by atoms with van der Waals surface area (Å²) in [6.07, 6.45) is 2.20. The number of rotatable bonds is 3. The van der Waals surface area contributed by atoms with Gasteiger partial charge in [-0.15, -0.1) is 0 Å². The van der Waals surface area contributed by atoms with E-state index in [2.05, 4.69) is 10.3 Å². The third-order valence-electron chi connectivity index (χ3n) is 6.30. The molecule has 0 spiro atoms. The number of likely N-dealkylation sites (tertiary alicyclic amines) is 1. The molecule has 0 unspecified atom stereocenters. The molecule has 5 rings (SSSR count). The summed E-state index contributed by atoms with van der Waals surface area (Å²) in [6, 6.07) is 7.53. The molecule has 0 radical (unpaired) electrons. The number of fused-ring (bicyclic) bond motifs is 3. The Hall–Kier alpha value is -2.00. The SMILES string of the molecule is CC(=O)N1CCC(N[C@H]2[C@H](O)[C@@H](n3cnc4ccccc43)[C@@H]3OC[C@H]2O3)CC1. The summed E-state index contributed by atoms with van der Waals surface area (Å²) >= 11 is 0. The molecule has 3 aliphatic heterocycles. The standard InChI is InChI=1S/C20H26N4O4/c1-12(25)23-8-6-13(7-9-23)22-17-16-10-27-20(28-16)18(19(17)26)24-11-21-14-4-2-3-5-15(14)24/h2-5,11,13,16-20,22,26H,6-10H2,1H3/t16-,17-,18-,19+,20-/m1/s1. The molecule has 2 aromatic rings. The van der Waals surface area contributed by atoms with Crippen LogP contribution in [0.25, 0.3) is 11.0 Å². The molecule has 8 nitrogen and oxygen atoms in total. The zero-order valence-electron chi connectivity index (χ0n) is 15.9. The molecule has 0 aliphatic carbocycles. The molecule has 3 saturated heterocycles. The van der Waals surface area contributed by atoms with E-state index in [1.54, 1.807) is 13.3 Å². The van der Waals surface area contributed by atoms with Crippen molar-refractivity contribution in [3.05, 3.63) is 30.6 Å². The first-order chi connectivity index (χ1) is 13.6. The molecule has 8 heteroatoms. The van der Waals surface area contributed by atoms with Crippen LogP contribution in [0.15, 0.2) is 30.6 Å². The zero-order valence-corrected chi connectivity index (χ0v) is 15.9. The van der Waals surface area contributed by atoms with Crippen LogP contribution < -0.4 is 5.32 Å². The maximum Gasteiger partial charge on any atom is 0.219 e. The van der Waals surface area contributed by atoms with Gasteiger partial charge in [0.05, 0.1) is 36.1 Å². The fraction of sp³-hybridized carbons (Fsp3) is 0.600. The largest absolute Gasteiger partial charge is 0.389 e. The van der Waals surface area contributed by atoms with Gasteiger partial charge in [-0.1, -0.05) is 12.1 Å². The monoisotopic (exact) mass is 386 g/mol. The molecule has 3 fully saturated rings. The second kappa shape index (κ2) is 7.11. The minimum atomic E-state index is -0.658. The summed E-state index contributed by atoms with van der Waals surface area (Å²) < 4.78 is 14.0. The topological polar surface area (TPSA) is 88.9 Å². The number of aromatic nitrogens is 2. The second-order valence-corrected chi connectivity index (χ2v) is 7.97. The van der Waals surface area contributed by atoms with E-state index in [0.717, 1.165) is 37.0 Å². The number of aliphatic hydroxyl groups is 1. The summed E-state index contributed by atoms with van der Waals surface area (Å²) in [5, 5.41) is 14.9. The minimum absolute atomic E-state index is 0.124. The maximum absolute atomic E-state index is 11.6. The number of amides is 1. The lowest BCUT2D eigenvalue weighted by Crippen LogP contribution is -2.60. The number of carbonyl (C=O) groups is 1. The van der Waals surface area contributed by atoms with Gasteiger partial charge in [0.1, 0.15) is 12.1 Å². The fourth-order valence-corrected chi connectivity index (χ4v) is 4.75. The Morgan fingerprint density at radius 1 is 1.29 bits per heavy atom. The number of ether oxygens (including phenoxy) is 2. The van der Waals surface area contributed by atoms with Crippen molar-refractivity contribution in [2.75, 3.05) is 19.7 Å². The number of benzene rings is 1. The predicted octanol–water partition coefficient (Wildman–Crippen LogP) is 0.662. The van der Waals surface area contributed by atoms with Crippen LogP contribution in [0.3, 0.4) is 0 Å². The van der Waals surface area contributed by atoms with E-state index in [9.17, 15) is 9.90 Å². The van der Waals surface area contributed by atoms with Gasteiger partial charge >= 0.3 is 0 Å². The number of piperidine rings is 1. The predicted molar refractivity (Wildman–Crippen MR) is 102 cm³/mol. The van der Waals surface area contributed by atoms with Crippen molar-refractivity contribution < 1.29 is 19.4 Å². The third-order valence-corrected chi connectivity index (χ3v) is 6.30. The zero-order chi connectivity index (χ0) is 19.3. The van der Waals surface area contributed by atoms with E-state index >= 15 is 0 Å². The highest BCUT2D eigenvalue weighted by Crippen LogP contribution is 2.37. The maximum atomic E-state index is 11.6. The average molecular weight is 386 g/mol. The second-order valence-electron chi connectivity index (χ2n) is 7.97. The molecule has 1 aromatic heterocycles. The number of imidazole rings is 1. The van der Waals surface area contributed by atoms with Crippen molar-refractivity contribution >= 4 is 16.9 Å². The fourth-order valence-electron chi connectivity index (χ4n) is 4.75. The van der Waals surface area contributed by atoms with Gasteiger partial charge in [0, 0.05) is 26.1 Å². The first-order valence-electron chi connectivity index (χ1n) is 10.00.